The van der Waals surface area contributed by atoms with Gasteiger partial charge in [0.05, 0.1) is 10.7 Å². The van der Waals surface area contributed by atoms with Crippen molar-refractivity contribution in [2.75, 3.05) is 10.6 Å². The highest BCUT2D eigenvalue weighted by Crippen LogP contribution is 2.22. The molecule has 140 valence electrons. The molecule has 0 aliphatic carbocycles. The van der Waals surface area contributed by atoms with Gasteiger partial charge in [0, 0.05) is 24.2 Å². The SMILES string of the molecule is Cc1nc(CC(C)C)sc1C(=O)Nc1ccc(NC(=O)CC(C)C)cc1. The number of hydrogen-bond acceptors (Lipinski definition) is 4. The quantitative estimate of drug-likeness (QED) is 0.726. The zero-order valence-electron chi connectivity index (χ0n) is 16.1. The molecule has 2 amide bonds. The maximum Gasteiger partial charge on any atom is 0.267 e. The summed E-state index contributed by atoms with van der Waals surface area (Å²) in [7, 11) is 0. The van der Waals surface area contributed by atoms with Gasteiger partial charge in [-0.1, -0.05) is 27.7 Å². The fraction of sp³-hybridized carbons (Fsp3) is 0.450. The average Bonchev–Trinajstić information content (AvgIpc) is 2.88. The number of benzene rings is 1. The highest BCUT2D eigenvalue weighted by molar-refractivity contribution is 7.13. The third-order valence-electron chi connectivity index (χ3n) is 3.65. The summed E-state index contributed by atoms with van der Waals surface area (Å²) in [4.78, 5) is 29.4. The van der Waals surface area contributed by atoms with Crippen molar-refractivity contribution in [2.24, 2.45) is 11.8 Å². The lowest BCUT2D eigenvalue weighted by molar-refractivity contribution is -0.116. The molecule has 1 heterocycles. The van der Waals surface area contributed by atoms with Crippen molar-refractivity contribution in [3.63, 3.8) is 0 Å². The number of aryl methyl sites for hydroxylation is 1. The molecule has 1 aromatic carbocycles. The van der Waals surface area contributed by atoms with Gasteiger partial charge < -0.3 is 10.6 Å². The molecule has 6 heteroatoms. The molecule has 0 saturated heterocycles. The lowest BCUT2D eigenvalue weighted by Gasteiger charge is -2.09. The van der Waals surface area contributed by atoms with Gasteiger partial charge in [-0.25, -0.2) is 4.98 Å². The highest BCUT2D eigenvalue weighted by Gasteiger charge is 2.16. The van der Waals surface area contributed by atoms with Crippen molar-refractivity contribution in [3.8, 4) is 0 Å². The smallest absolute Gasteiger partial charge is 0.267 e. The van der Waals surface area contributed by atoms with E-state index in [1.807, 2.05) is 20.8 Å². The summed E-state index contributed by atoms with van der Waals surface area (Å²) in [5.41, 5.74) is 2.18. The topological polar surface area (TPSA) is 71.1 Å². The van der Waals surface area contributed by atoms with Crippen LogP contribution in [0.25, 0.3) is 0 Å². The van der Waals surface area contributed by atoms with Crippen molar-refractivity contribution in [1.82, 2.24) is 4.98 Å². The molecule has 2 aromatic rings. The minimum atomic E-state index is -0.147. The van der Waals surface area contributed by atoms with Crippen LogP contribution in [0.2, 0.25) is 0 Å². The second-order valence-corrected chi connectivity index (χ2v) is 8.38. The van der Waals surface area contributed by atoms with Gasteiger partial charge in [-0.3, -0.25) is 9.59 Å². The fourth-order valence-corrected chi connectivity index (χ4v) is 3.68. The molecule has 5 nitrogen and oxygen atoms in total. The summed E-state index contributed by atoms with van der Waals surface area (Å²) in [5, 5.41) is 6.75. The summed E-state index contributed by atoms with van der Waals surface area (Å²) < 4.78 is 0. The Morgan fingerprint density at radius 3 is 2.12 bits per heavy atom. The van der Waals surface area contributed by atoms with E-state index in [1.54, 1.807) is 24.3 Å². The van der Waals surface area contributed by atoms with Crippen LogP contribution in [-0.2, 0) is 11.2 Å². The molecule has 1 aromatic heterocycles. The first-order valence-electron chi connectivity index (χ1n) is 8.92. The van der Waals surface area contributed by atoms with Crippen LogP contribution in [-0.4, -0.2) is 16.8 Å². The molecule has 0 aliphatic rings. The normalized spacial score (nSPS) is 11.0. The van der Waals surface area contributed by atoms with Crippen LogP contribution in [0.3, 0.4) is 0 Å². The van der Waals surface area contributed by atoms with E-state index in [4.69, 9.17) is 0 Å². The third-order valence-corrected chi connectivity index (χ3v) is 4.83. The molecule has 0 unspecified atom stereocenters. The minimum absolute atomic E-state index is 0.00486. The molecule has 0 atom stereocenters. The first-order chi connectivity index (χ1) is 12.2. The Hall–Kier alpha value is -2.21. The number of hydrogen-bond donors (Lipinski definition) is 2. The van der Waals surface area contributed by atoms with Gasteiger partial charge >= 0.3 is 0 Å². The lowest BCUT2D eigenvalue weighted by Crippen LogP contribution is -2.14. The van der Waals surface area contributed by atoms with Crippen molar-refractivity contribution < 1.29 is 9.59 Å². The fourth-order valence-electron chi connectivity index (χ4n) is 2.51. The lowest BCUT2D eigenvalue weighted by atomic mass is 10.1. The molecule has 0 bridgehead atoms. The molecule has 0 aliphatic heterocycles. The Morgan fingerprint density at radius 1 is 1.00 bits per heavy atom. The standard InChI is InChI=1S/C20H27N3O2S/c1-12(2)10-17(24)22-15-6-8-16(9-7-15)23-20(25)19-14(5)21-18(26-19)11-13(3)4/h6-9,12-13H,10-11H2,1-5H3,(H,22,24)(H,23,25). The number of amides is 2. The average molecular weight is 374 g/mol. The third kappa shape index (κ3) is 5.95. The second-order valence-electron chi connectivity index (χ2n) is 7.30. The van der Waals surface area contributed by atoms with Crippen LogP contribution in [0.4, 0.5) is 11.4 Å². The van der Waals surface area contributed by atoms with Gasteiger partial charge in [0.25, 0.3) is 5.91 Å². The van der Waals surface area contributed by atoms with Crippen molar-refractivity contribution in [2.45, 2.75) is 47.5 Å². The van der Waals surface area contributed by atoms with Crippen LogP contribution in [0.15, 0.2) is 24.3 Å². The van der Waals surface area contributed by atoms with Gasteiger partial charge in [-0.2, -0.15) is 0 Å². The van der Waals surface area contributed by atoms with Gasteiger partial charge in [0.15, 0.2) is 0 Å². The van der Waals surface area contributed by atoms with E-state index in [9.17, 15) is 9.59 Å². The summed E-state index contributed by atoms with van der Waals surface area (Å²) >= 11 is 1.45. The summed E-state index contributed by atoms with van der Waals surface area (Å²) in [5.74, 6) is 0.674. The zero-order valence-corrected chi connectivity index (χ0v) is 16.9. The van der Waals surface area contributed by atoms with E-state index in [2.05, 4.69) is 29.5 Å². The van der Waals surface area contributed by atoms with E-state index in [1.165, 1.54) is 11.3 Å². The summed E-state index contributed by atoms with van der Waals surface area (Å²) in [6.45, 7) is 10.1. The predicted octanol–water partition coefficient (Wildman–Crippen LogP) is 4.89. The first-order valence-corrected chi connectivity index (χ1v) is 9.73. The minimum Gasteiger partial charge on any atom is -0.326 e. The van der Waals surface area contributed by atoms with Gasteiger partial charge in [0.1, 0.15) is 4.88 Å². The Labute approximate surface area is 159 Å². The van der Waals surface area contributed by atoms with Gasteiger partial charge in [0.2, 0.25) is 5.91 Å². The Bertz CT molecular complexity index is 764. The van der Waals surface area contributed by atoms with E-state index in [0.29, 0.717) is 28.8 Å². The first kappa shape index (κ1) is 20.1. The Morgan fingerprint density at radius 2 is 1.58 bits per heavy atom. The van der Waals surface area contributed by atoms with E-state index in [0.717, 1.165) is 22.8 Å². The summed E-state index contributed by atoms with van der Waals surface area (Å²) in [6.07, 6.45) is 1.37. The van der Waals surface area contributed by atoms with E-state index < -0.39 is 0 Å². The number of aromatic nitrogens is 1. The predicted molar refractivity (Wildman–Crippen MR) is 108 cm³/mol. The number of nitrogens with one attached hydrogen (secondary N) is 2. The number of thiazole rings is 1. The number of carbonyl (C=O) groups excluding carboxylic acids is 2. The second kappa shape index (κ2) is 8.94. The van der Waals surface area contributed by atoms with E-state index in [-0.39, 0.29) is 11.8 Å². The Kier molecular flexibility index (Phi) is 6.91. The van der Waals surface area contributed by atoms with Crippen LogP contribution in [0, 0.1) is 18.8 Å². The zero-order chi connectivity index (χ0) is 19.3. The highest BCUT2D eigenvalue weighted by atomic mass is 32.1. The van der Waals surface area contributed by atoms with Crippen molar-refractivity contribution in [1.29, 1.82) is 0 Å². The summed E-state index contributed by atoms with van der Waals surface area (Å²) in [6, 6.07) is 7.15. The largest absolute Gasteiger partial charge is 0.326 e. The van der Waals surface area contributed by atoms with Gasteiger partial charge in [-0.15, -0.1) is 11.3 Å². The Balaban J connectivity index is 1.99. The maximum atomic E-state index is 12.5. The monoisotopic (exact) mass is 373 g/mol. The van der Waals surface area contributed by atoms with Gasteiger partial charge in [-0.05, 0) is 43.0 Å². The molecular weight excluding hydrogens is 346 g/mol. The molecule has 0 saturated carbocycles. The maximum absolute atomic E-state index is 12.5. The van der Waals surface area contributed by atoms with Crippen molar-refractivity contribution in [3.05, 3.63) is 39.8 Å². The number of rotatable bonds is 7. The molecular formula is C20H27N3O2S. The van der Waals surface area contributed by atoms with Crippen LogP contribution in [0.1, 0.15) is 54.5 Å². The number of nitrogens with zero attached hydrogens (tertiary/aromatic N) is 1. The van der Waals surface area contributed by atoms with Crippen LogP contribution >= 0.6 is 11.3 Å². The van der Waals surface area contributed by atoms with E-state index >= 15 is 0 Å². The number of anilines is 2. The molecule has 2 rings (SSSR count). The molecule has 0 fully saturated rings. The molecule has 26 heavy (non-hydrogen) atoms. The molecule has 0 radical (unpaired) electrons. The van der Waals surface area contributed by atoms with Crippen molar-refractivity contribution >= 4 is 34.5 Å². The van der Waals surface area contributed by atoms with Crippen LogP contribution < -0.4 is 10.6 Å². The van der Waals surface area contributed by atoms with Crippen LogP contribution in [0.5, 0.6) is 0 Å². The number of carbonyl (C=O) groups is 2. The molecule has 0 spiro atoms. The molecule has 2 N–H and O–H groups in total.